The fourth-order valence-electron chi connectivity index (χ4n) is 3.22. The Morgan fingerprint density at radius 1 is 1.22 bits per heavy atom. The van der Waals surface area contributed by atoms with E-state index in [9.17, 15) is 23.2 Å². The highest BCUT2D eigenvalue weighted by Gasteiger charge is 2.35. The zero-order chi connectivity index (χ0) is 22.8. The van der Waals surface area contributed by atoms with Crippen LogP contribution >= 0.6 is 23.4 Å². The average Bonchev–Trinajstić information content (AvgIpc) is 2.74. The molecule has 0 unspecified atom stereocenters. The van der Waals surface area contributed by atoms with Crippen molar-refractivity contribution in [2.75, 3.05) is 10.6 Å². The van der Waals surface area contributed by atoms with Crippen molar-refractivity contribution in [2.24, 2.45) is 0 Å². The van der Waals surface area contributed by atoms with Crippen LogP contribution in [0.25, 0.3) is 0 Å². The van der Waals surface area contributed by atoms with Crippen LogP contribution in [0.2, 0.25) is 5.02 Å². The van der Waals surface area contributed by atoms with Gasteiger partial charge in [0.05, 0.1) is 17.2 Å². The number of aromatic amines is 1. The summed E-state index contributed by atoms with van der Waals surface area (Å²) in [4.78, 5) is 44.5. The summed E-state index contributed by atoms with van der Waals surface area (Å²) in [6, 6.07) is 9.87. The number of carbonyl (C=O) groups is 2. The molecule has 0 fully saturated rings. The first kappa shape index (κ1) is 22.0. The van der Waals surface area contributed by atoms with Gasteiger partial charge in [0.2, 0.25) is 11.8 Å². The number of nitrogens with one attached hydrogen (secondary N) is 3. The van der Waals surface area contributed by atoms with Gasteiger partial charge in [-0.1, -0.05) is 41.6 Å². The van der Waals surface area contributed by atoms with Gasteiger partial charge in [-0.3, -0.25) is 14.4 Å². The molecule has 0 bridgehead atoms. The zero-order valence-corrected chi connectivity index (χ0v) is 17.8. The molecule has 164 valence electrons. The van der Waals surface area contributed by atoms with Gasteiger partial charge in [0.25, 0.3) is 5.56 Å². The number of hydrogen-bond acceptors (Lipinski definition) is 5. The summed E-state index contributed by atoms with van der Waals surface area (Å²) in [5, 5.41) is 5.61. The number of rotatable bonds is 5. The van der Waals surface area contributed by atoms with Crippen molar-refractivity contribution in [1.82, 2.24) is 9.97 Å². The summed E-state index contributed by atoms with van der Waals surface area (Å²) in [7, 11) is 0. The molecular formula is C21H15ClF2N4O3S. The maximum absolute atomic E-state index is 13.9. The van der Waals surface area contributed by atoms with Crippen LogP contribution < -0.4 is 16.2 Å². The van der Waals surface area contributed by atoms with Crippen LogP contribution in [0.1, 0.15) is 23.5 Å². The lowest BCUT2D eigenvalue weighted by Gasteiger charge is -2.23. The molecule has 0 radical (unpaired) electrons. The molecule has 11 heteroatoms. The minimum Gasteiger partial charge on any atom is -0.323 e. The molecule has 3 aromatic rings. The maximum atomic E-state index is 13.9. The molecule has 7 nitrogen and oxygen atoms in total. The van der Waals surface area contributed by atoms with Gasteiger partial charge in [0.15, 0.2) is 5.16 Å². The van der Waals surface area contributed by atoms with E-state index in [0.29, 0.717) is 16.8 Å². The molecule has 0 aliphatic carbocycles. The fraction of sp³-hybridized carbons (Fsp3) is 0.143. The number of anilines is 2. The van der Waals surface area contributed by atoms with Gasteiger partial charge in [0.1, 0.15) is 17.5 Å². The van der Waals surface area contributed by atoms with Crippen LogP contribution in [0.3, 0.4) is 0 Å². The summed E-state index contributed by atoms with van der Waals surface area (Å²) in [5.74, 6) is -3.88. The van der Waals surface area contributed by atoms with E-state index < -0.39 is 34.9 Å². The van der Waals surface area contributed by atoms with E-state index in [2.05, 4.69) is 20.6 Å². The molecule has 3 N–H and O–H groups in total. The summed E-state index contributed by atoms with van der Waals surface area (Å²) in [6.45, 7) is 0. The van der Waals surface area contributed by atoms with E-state index in [1.54, 1.807) is 12.1 Å². The first-order valence-corrected chi connectivity index (χ1v) is 10.7. The molecule has 1 atom stereocenters. The molecular weight excluding hydrogens is 462 g/mol. The van der Waals surface area contributed by atoms with E-state index in [-0.39, 0.29) is 28.6 Å². The number of fused-ring (bicyclic) bond motifs is 1. The Bertz CT molecular complexity index is 1280. The number of aromatic nitrogens is 2. The number of H-pyrrole nitrogens is 1. The van der Waals surface area contributed by atoms with Crippen molar-refractivity contribution in [1.29, 1.82) is 0 Å². The zero-order valence-electron chi connectivity index (χ0n) is 16.2. The Morgan fingerprint density at radius 2 is 2.00 bits per heavy atom. The third-order valence-corrected chi connectivity index (χ3v) is 6.05. The van der Waals surface area contributed by atoms with Gasteiger partial charge in [0, 0.05) is 23.3 Å². The second-order valence-electron chi connectivity index (χ2n) is 6.93. The average molecular weight is 477 g/mol. The molecule has 0 saturated heterocycles. The largest absolute Gasteiger partial charge is 0.323 e. The van der Waals surface area contributed by atoms with Gasteiger partial charge >= 0.3 is 0 Å². The van der Waals surface area contributed by atoms with E-state index in [0.717, 1.165) is 17.7 Å². The lowest BCUT2D eigenvalue weighted by atomic mass is 9.92. The maximum Gasteiger partial charge on any atom is 0.257 e. The SMILES string of the molecule is O=C1C[C@@H](C(=O)Nc2ccc(F)cc2F)c2c(nc(SCc3ccccc3Cl)[nH]c2=O)N1. The number of carbonyl (C=O) groups excluding carboxylic acids is 2. The highest BCUT2D eigenvalue weighted by atomic mass is 35.5. The highest BCUT2D eigenvalue weighted by molar-refractivity contribution is 7.98. The molecule has 2 heterocycles. The third-order valence-electron chi connectivity index (χ3n) is 4.76. The fourth-order valence-corrected chi connectivity index (χ4v) is 4.36. The Kier molecular flexibility index (Phi) is 6.24. The van der Waals surface area contributed by atoms with E-state index in [1.807, 2.05) is 12.1 Å². The highest BCUT2D eigenvalue weighted by Crippen LogP contribution is 2.32. The van der Waals surface area contributed by atoms with Crippen LogP contribution in [0.15, 0.2) is 52.4 Å². The van der Waals surface area contributed by atoms with Crippen molar-refractivity contribution >= 4 is 46.7 Å². The predicted molar refractivity (Wildman–Crippen MR) is 117 cm³/mol. The number of halogens is 3. The number of benzene rings is 2. The van der Waals surface area contributed by atoms with Gasteiger partial charge in [-0.15, -0.1) is 0 Å². The van der Waals surface area contributed by atoms with Gasteiger partial charge in [-0.2, -0.15) is 0 Å². The number of amides is 2. The van der Waals surface area contributed by atoms with E-state index in [4.69, 9.17) is 11.6 Å². The minimum atomic E-state index is -1.19. The summed E-state index contributed by atoms with van der Waals surface area (Å²) < 4.78 is 27.0. The summed E-state index contributed by atoms with van der Waals surface area (Å²) in [6.07, 6.45) is -0.321. The monoisotopic (exact) mass is 476 g/mol. The second kappa shape index (κ2) is 9.09. The molecule has 4 rings (SSSR count). The molecule has 1 aliphatic rings. The minimum absolute atomic E-state index is 0.0355. The predicted octanol–water partition coefficient (Wildman–Crippen LogP) is 4.06. The summed E-state index contributed by atoms with van der Waals surface area (Å²) >= 11 is 7.35. The molecule has 1 aromatic heterocycles. The first-order valence-electron chi connectivity index (χ1n) is 9.38. The molecule has 32 heavy (non-hydrogen) atoms. The van der Waals surface area contributed by atoms with Crippen molar-refractivity contribution in [3.05, 3.63) is 80.6 Å². The van der Waals surface area contributed by atoms with E-state index >= 15 is 0 Å². The van der Waals surface area contributed by atoms with Crippen LogP contribution in [0, 0.1) is 11.6 Å². The molecule has 2 aromatic carbocycles. The Morgan fingerprint density at radius 3 is 2.75 bits per heavy atom. The van der Waals surface area contributed by atoms with Crippen LogP contribution in [0.4, 0.5) is 20.3 Å². The number of nitrogens with zero attached hydrogens (tertiary/aromatic N) is 1. The second-order valence-corrected chi connectivity index (χ2v) is 8.30. The van der Waals surface area contributed by atoms with Gasteiger partial charge < -0.3 is 15.6 Å². The Hall–Kier alpha value is -3.24. The number of hydrogen-bond donors (Lipinski definition) is 3. The lowest BCUT2D eigenvalue weighted by molar-refractivity contribution is -0.123. The van der Waals surface area contributed by atoms with Crippen molar-refractivity contribution in [3.63, 3.8) is 0 Å². The Balaban J connectivity index is 1.59. The first-order chi connectivity index (χ1) is 15.3. The van der Waals surface area contributed by atoms with Crippen molar-refractivity contribution in [2.45, 2.75) is 23.2 Å². The smallest absolute Gasteiger partial charge is 0.257 e. The third kappa shape index (κ3) is 4.66. The summed E-state index contributed by atoms with van der Waals surface area (Å²) in [5.41, 5.74) is -0.0644. The van der Waals surface area contributed by atoms with Gasteiger partial charge in [-0.25, -0.2) is 13.8 Å². The number of thioether (sulfide) groups is 1. The quantitative estimate of drug-likeness (QED) is 0.380. The van der Waals surface area contributed by atoms with Crippen molar-refractivity contribution in [3.8, 4) is 0 Å². The topological polar surface area (TPSA) is 104 Å². The van der Waals surface area contributed by atoms with Crippen LogP contribution in [0.5, 0.6) is 0 Å². The standard InChI is InChI=1S/C21H15ClF2N4O3S/c22-13-4-2-1-3-10(13)9-32-21-27-18-17(20(31)28-21)12(8-16(29)26-18)19(30)25-15-6-5-11(23)7-14(15)24/h1-7,12H,8-9H2,(H,25,30)(H2,26,27,28,29,31)/t12-/m1/s1. The molecule has 1 aliphatic heterocycles. The Labute approximate surface area is 189 Å². The molecule has 0 spiro atoms. The van der Waals surface area contributed by atoms with Crippen LogP contribution in [-0.2, 0) is 15.3 Å². The normalized spacial score (nSPS) is 15.1. The van der Waals surface area contributed by atoms with Crippen molar-refractivity contribution < 1.29 is 18.4 Å². The van der Waals surface area contributed by atoms with Gasteiger partial charge in [-0.05, 0) is 23.8 Å². The molecule has 0 saturated carbocycles. The van der Waals surface area contributed by atoms with Crippen LogP contribution in [-0.4, -0.2) is 21.8 Å². The lowest BCUT2D eigenvalue weighted by Crippen LogP contribution is -2.36. The molecule has 2 amide bonds. The van der Waals surface area contributed by atoms with E-state index in [1.165, 1.54) is 11.8 Å².